The Kier molecular flexibility index (Phi) is 3.66. The van der Waals surface area contributed by atoms with Crippen molar-refractivity contribution in [3.63, 3.8) is 0 Å². The topological polar surface area (TPSA) is 40.7 Å². The van der Waals surface area contributed by atoms with Gasteiger partial charge in [0.05, 0.1) is 17.4 Å². The highest BCUT2D eigenvalue weighted by Crippen LogP contribution is 2.32. The van der Waals surface area contributed by atoms with Gasteiger partial charge in [0.25, 0.3) is 0 Å². The van der Waals surface area contributed by atoms with Crippen LogP contribution in [0.5, 0.6) is 0 Å². The molecule has 0 fully saturated rings. The van der Waals surface area contributed by atoms with Crippen LogP contribution in [0.15, 0.2) is 39.4 Å². The van der Waals surface area contributed by atoms with Crippen LogP contribution in [0.3, 0.4) is 0 Å². The van der Waals surface area contributed by atoms with Gasteiger partial charge in [0.2, 0.25) is 0 Å². The molecule has 2 rings (SSSR count). The van der Waals surface area contributed by atoms with Gasteiger partial charge in [0.15, 0.2) is 0 Å². The maximum Gasteiger partial charge on any atom is 0.0652 e. The Bertz CT molecular complexity index is 448. The molecule has 0 saturated carbocycles. The van der Waals surface area contributed by atoms with E-state index in [4.69, 9.17) is 0 Å². The number of nitrogens with zero attached hydrogens (tertiary/aromatic N) is 1. The molecule has 1 atom stereocenters. The highest BCUT2D eigenvalue weighted by atomic mass is 79.9. The summed E-state index contributed by atoms with van der Waals surface area (Å²) in [5, 5.41) is 10.3. The summed E-state index contributed by atoms with van der Waals surface area (Å²) in [7, 11) is 0. The lowest BCUT2D eigenvalue weighted by Crippen LogP contribution is -2.08. The quantitative estimate of drug-likeness (QED) is 0.879. The molecular formula is C11H11Br2N3. The fourth-order valence-electron chi connectivity index (χ4n) is 1.44. The summed E-state index contributed by atoms with van der Waals surface area (Å²) >= 11 is 7.04. The van der Waals surface area contributed by atoms with Crippen LogP contribution in [-0.2, 0) is 0 Å². The van der Waals surface area contributed by atoms with E-state index in [1.54, 1.807) is 6.20 Å². The van der Waals surface area contributed by atoms with Crippen LogP contribution in [0.1, 0.15) is 18.7 Å². The predicted octanol–water partition coefficient (Wildman–Crippen LogP) is 4.11. The molecule has 1 unspecified atom stereocenters. The predicted molar refractivity (Wildman–Crippen MR) is 72.5 cm³/mol. The average molecular weight is 345 g/mol. The molecule has 84 valence electrons. The van der Waals surface area contributed by atoms with E-state index >= 15 is 0 Å². The number of aromatic amines is 1. The van der Waals surface area contributed by atoms with Crippen molar-refractivity contribution in [2.24, 2.45) is 0 Å². The first-order valence-corrected chi connectivity index (χ1v) is 6.47. The van der Waals surface area contributed by atoms with E-state index in [1.807, 2.05) is 24.3 Å². The molecular weight excluding hydrogens is 334 g/mol. The molecule has 0 bridgehead atoms. The van der Waals surface area contributed by atoms with Gasteiger partial charge in [0, 0.05) is 15.1 Å². The van der Waals surface area contributed by atoms with Crippen molar-refractivity contribution in [2.45, 2.75) is 13.0 Å². The fraction of sp³-hybridized carbons (Fsp3) is 0.182. The third-order valence-corrected chi connectivity index (χ3v) is 3.63. The van der Waals surface area contributed by atoms with Crippen molar-refractivity contribution in [3.8, 4) is 0 Å². The normalized spacial score (nSPS) is 12.4. The minimum atomic E-state index is 0.178. The number of halogens is 2. The molecule has 0 spiro atoms. The second kappa shape index (κ2) is 5.01. The Morgan fingerprint density at radius 2 is 1.94 bits per heavy atom. The fourth-order valence-corrected chi connectivity index (χ4v) is 2.67. The Balaban J connectivity index is 2.21. The third kappa shape index (κ3) is 2.47. The van der Waals surface area contributed by atoms with Crippen LogP contribution in [0.2, 0.25) is 0 Å². The smallest absolute Gasteiger partial charge is 0.0652 e. The van der Waals surface area contributed by atoms with Gasteiger partial charge in [0.1, 0.15) is 0 Å². The van der Waals surface area contributed by atoms with Gasteiger partial charge in [-0.1, -0.05) is 6.07 Å². The number of aromatic nitrogens is 2. The molecule has 0 radical (unpaired) electrons. The Labute approximate surface area is 111 Å². The summed E-state index contributed by atoms with van der Waals surface area (Å²) in [4.78, 5) is 0. The SMILES string of the molecule is CC(Nc1c(Br)cccc1Br)c1ccn[nH]1. The average Bonchev–Trinajstić information content (AvgIpc) is 2.76. The van der Waals surface area contributed by atoms with E-state index in [0.29, 0.717) is 0 Å². The van der Waals surface area contributed by atoms with Crippen LogP contribution < -0.4 is 5.32 Å². The van der Waals surface area contributed by atoms with Crippen molar-refractivity contribution in [1.82, 2.24) is 10.2 Å². The molecule has 1 aromatic heterocycles. The van der Waals surface area contributed by atoms with Crippen molar-refractivity contribution >= 4 is 37.5 Å². The van der Waals surface area contributed by atoms with Crippen LogP contribution in [0, 0.1) is 0 Å². The number of rotatable bonds is 3. The standard InChI is InChI=1S/C11H11Br2N3/c1-7(10-5-6-14-16-10)15-11-8(12)3-2-4-9(11)13/h2-7,15H,1H3,(H,14,16). The number of hydrogen-bond donors (Lipinski definition) is 2. The van der Waals surface area contributed by atoms with Crippen LogP contribution >= 0.6 is 31.9 Å². The number of anilines is 1. The number of para-hydroxylation sites is 1. The molecule has 0 amide bonds. The molecule has 1 aromatic carbocycles. The van der Waals surface area contributed by atoms with E-state index in [-0.39, 0.29) is 6.04 Å². The van der Waals surface area contributed by atoms with E-state index in [9.17, 15) is 0 Å². The molecule has 0 aliphatic carbocycles. The zero-order valence-electron chi connectivity index (χ0n) is 8.67. The van der Waals surface area contributed by atoms with Gasteiger partial charge in [-0.05, 0) is 57.0 Å². The zero-order chi connectivity index (χ0) is 11.5. The molecule has 16 heavy (non-hydrogen) atoms. The second-order valence-electron chi connectivity index (χ2n) is 3.47. The number of H-pyrrole nitrogens is 1. The molecule has 0 aliphatic heterocycles. The molecule has 3 nitrogen and oxygen atoms in total. The summed E-state index contributed by atoms with van der Waals surface area (Å²) in [6.45, 7) is 2.08. The lowest BCUT2D eigenvalue weighted by Gasteiger charge is -2.16. The van der Waals surface area contributed by atoms with Crippen molar-refractivity contribution in [3.05, 3.63) is 45.1 Å². The summed E-state index contributed by atoms with van der Waals surface area (Å²) in [5.41, 5.74) is 2.10. The van der Waals surface area contributed by atoms with Gasteiger partial charge >= 0.3 is 0 Å². The minimum absolute atomic E-state index is 0.178. The van der Waals surface area contributed by atoms with E-state index in [2.05, 4.69) is 54.3 Å². The second-order valence-corrected chi connectivity index (χ2v) is 5.18. The van der Waals surface area contributed by atoms with Crippen LogP contribution in [0.4, 0.5) is 5.69 Å². The van der Waals surface area contributed by atoms with Gasteiger partial charge in [-0.3, -0.25) is 5.10 Å². The Morgan fingerprint density at radius 3 is 2.50 bits per heavy atom. The zero-order valence-corrected chi connectivity index (χ0v) is 11.8. The molecule has 2 aromatic rings. The number of hydrogen-bond acceptors (Lipinski definition) is 2. The van der Waals surface area contributed by atoms with Crippen molar-refractivity contribution < 1.29 is 0 Å². The minimum Gasteiger partial charge on any atom is -0.375 e. The Morgan fingerprint density at radius 1 is 1.25 bits per heavy atom. The highest BCUT2D eigenvalue weighted by Gasteiger charge is 2.10. The van der Waals surface area contributed by atoms with Gasteiger partial charge in [-0.15, -0.1) is 0 Å². The molecule has 5 heteroatoms. The highest BCUT2D eigenvalue weighted by molar-refractivity contribution is 9.11. The lowest BCUT2D eigenvalue weighted by molar-refractivity contribution is 0.824. The van der Waals surface area contributed by atoms with E-state index in [1.165, 1.54) is 0 Å². The first kappa shape index (κ1) is 11.7. The molecule has 2 N–H and O–H groups in total. The van der Waals surface area contributed by atoms with Crippen LogP contribution in [0.25, 0.3) is 0 Å². The van der Waals surface area contributed by atoms with Gasteiger partial charge in [-0.2, -0.15) is 5.10 Å². The number of nitrogens with one attached hydrogen (secondary N) is 2. The van der Waals surface area contributed by atoms with E-state index < -0.39 is 0 Å². The lowest BCUT2D eigenvalue weighted by atomic mass is 10.2. The maximum atomic E-state index is 3.94. The first-order chi connectivity index (χ1) is 7.68. The summed E-state index contributed by atoms with van der Waals surface area (Å²) in [6, 6.07) is 8.14. The molecule has 0 saturated heterocycles. The molecule has 0 aliphatic rings. The first-order valence-electron chi connectivity index (χ1n) is 4.88. The maximum absolute atomic E-state index is 3.94. The molecule has 1 heterocycles. The largest absolute Gasteiger partial charge is 0.375 e. The van der Waals surface area contributed by atoms with E-state index in [0.717, 1.165) is 20.3 Å². The summed E-state index contributed by atoms with van der Waals surface area (Å²) in [5.74, 6) is 0. The van der Waals surface area contributed by atoms with Crippen molar-refractivity contribution in [1.29, 1.82) is 0 Å². The Hall–Kier alpha value is -0.810. The monoisotopic (exact) mass is 343 g/mol. The summed E-state index contributed by atoms with van der Waals surface area (Å²) in [6.07, 6.45) is 1.75. The van der Waals surface area contributed by atoms with Gasteiger partial charge < -0.3 is 5.32 Å². The number of benzene rings is 1. The van der Waals surface area contributed by atoms with Crippen molar-refractivity contribution in [2.75, 3.05) is 5.32 Å². The summed E-state index contributed by atoms with van der Waals surface area (Å²) < 4.78 is 2.07. The van der Waals surface area contributed by atoms with Gasteiger partial charge in [-0.25, -0.2) is 0 Å². The third-order valence-electron chi connectivity index (χ3n) is 2.31. The van der Waals surface area contributed by atoms with Crippen LogP contribution in [-0.4, -0.2) is 10.2 Å².